The minimum atomic E-state index is -3.46. The fourth-order valence-electron chi connectivity index (χ4n) is 2.26. The lowest BCUT2D eigenvalue weighted by Gasteiger charge is -2.15. The molecule has 0 spiro atoms. The van der Waals surface area contributed by atoms with Gasteiger partial charge in [0.1, 0.15) is 0 Å². The van der Waals surface area contributed by atoms with Crippen molar-refractivity contribution < 1.29 is 8.42 Å². The quantitative estimate of drug-likeness (QED) is 0.802. The Hall–Kier alpha value is -2.05. The van der Waals surface area contributed by atoms with Gasteiger partial charge in [0, 0.05) is 5.92 Å². The van der Waals surface area contributed by atoms with Gasteiger partial charge in [-0.25, -0.2) is 8.42 Å². The maximum Gasteiger partial charge on any atom is 0.206 e. The number of terminal acetylenes is 1. The largest absolute Gasteiger partial charge is 0.219 e. The van der Waals surface area contributed by atoms with Crippen LogP contribution in [0.1, 0.15) is 25.3 Å². The van der Waals surface area contributed by atoms with E-state index in [1.54, 1.807) is 54.6 Å². The molecule has 0 aliphatic carbocycles. The SMILES string of the molecule is C#C[C@@H](c1ccc(S(=O)(=O)c2ccccc2)cc1)C(C)C. The molecule has 0 bridgehead atoms. The molecule has 0 amide bonds. The van der Waals surface area contributed by atoms with E-state index in [1.165, 1.54) is 0 Å². The lowest BCUT2D eigenvalue weighted by atomic mass is 9.89. The Balaban J connectivity index is 2.38. The Morgan fingerprint density at radius 3 is 1.90 bits per heavy atom. The summed E-state index contributed by atoms with van der Waals surface area (Å²) in [5.41, 5.74) is 0.972. The molecule has 0 aliphatic rings. The monoisotopic (exact) mass is 298 g/mol. The minimum Gasteiger partial charge on any atom is -0.219 e. The average Bonchev–Trinajstić information content (AvgIpc) is 2.49. The minimum absolute atomic E-state index is 0.00141. The highest BCUT2D eigenvalue weighted by Gasteiger charge is 2.18. The lowest BCUT2D eigenvalue weighted by Crippen LogP contribution is -2.06. The van der Waals surface area contributed by atoms with E-state index < -0.39 is 9.84 Å². The van der Waals surface area contributed by atoms with Crippen molar-refractivity contribution in [2.45, 2.75) is 29.6 Å². The van der Waals surface area contributed by atoms with Crippen LogP contribution in [0.2, 0.25) is 0 Å². The van der Waals surface area contributed by atoms with Crippen LogP contribution in [0.25, 0.3) is 0 Å². The van der Waals surface area contributed by atoms with Crippen LogP contribution in [0.3, 0.4) is 0 Å². The summed E-state index contributed by atoms with van der Waals surface area (Å²) in [6, 6.07) is 15.3. The molecule has 2 rings (SSSR count). The molecule has 0 N–H and O–H groups in total. The average molecular weight is 298 g/mol. The van der Waals surface area contributed by atoms with Crippen LogP contribution in [-0.4, -0.2) is 8.42 Å². The van der Waals surface area contributed by atoms with Crippen molar-refractivity contribution in [2.75, 3.05) is 0 Å². The summed E-state index contributed by atoms with van der Waals surface area (Å²) >= 11 is 0. The first-order valence-electron chi connectivity index (χ1n) is 6.83. The maximum atomic E-state index is 12.5. The van der Waals surface area contributed by atoms with Crippen LogP contribution in [0.5, 0.6) is 0 Å². The van der Waals surface area contributed by atoms with E-state index in [1.807, 2.05) is 0 Å². The van der Waals surface area contributed by atoms with Crippen molar-refractivity contribution in [1.29, 1.82) is 0 Å². The molecule has 0 aromatic heterocycles. The first-order valence-corrected chi connectivity index (χ1v) is 8.31. The van der Waals surface area contributed by atoms with E-state index in [-0.39, 0.29) is 10.8 Å². The zero-order chi connectivity index (χ0) is 15.5. The van der Waals surface area contributed by atoms with Crippen molar-refractivity contribution in [1.82, 2.24) is 0 Å². The van der Waals surface area contributed by atoms with Gasteiger partial charge in [0.2, 0.25) is 9.84 Å². The molecule has 3 heteroatoms. The summed E-state index contributed by atoms with van der Waals surface area (Å²) in [5, 5.41) is 0. The van der Waals surface area contributed by atoms with Gasteiger partial charge in [-0.3, -0.25) is 0 Å². The smallest absolute Gasteiger partial charge is 0.206 e. The van der Waals surface area contributed by atoms with E-state index >= 15 is 0 Å². The number of benzene rings is 2. The van der Waals surface area contributed by atoms with Crippen molar-refractivity contribution in [3.8, 4) is 12.3 Å². The summed E-state index contributed by atoms with van der Waals surface area (Å²) < 4.78 is 25.0. The fraction of sp³-hybridized carbons (Fsp3) is 0.222. The normalized spacial score (nSPS) is 12.9. The predicted molar refractivity (Wildman–Crippen MR) is 84.7 cm³/mol. The van der Waals surface area contributed by atoms with Crippen LogP contribution in [0.15, 0.2) is 64.4 Å². The van der Waals surface area contributed by atoms with Gasteiger partial charge >= 0.3 is 0 Å². The molecule has 0 aliphatic heterocycles. The molecular weight excluding hydrogens is 280 g/mol. The Bertz CT molecular complexity index is 736. The Morgan fingerprint density at radius 2 is 1.43 bits per heavy atom. The molecule has 108 valence electrons. The molecule has 0 saturated heterocycles. The molecule has 0 fully saturated rings. The highest BCUT2D eigenvalue weighted by atomic mass is 32.2. The van der Waals surface area contributed by atoms with Crippen molar-refractivity contribution >= 4 is 9.84 Å². The van der Waals surface area contributed by atoms with Gasteiger partial charge in [0.25, 0.3) is 0 Å². The Kier molecular flexibility index (Phi) is 4.50. The van der Waals surface area contributed by atoms with Gasteiger partial charge in [-0.2, -0.15) is 0 Å². The maximum absolute atomic E-state index is 12.5. The topological polar surface area (TPSA) is 34.1 Å². The molecule has 21 heavy (non-hydrogen) atoms. The summed E-state index contributed by atoms with van der Waals surface area (Å²) in [4.78, 5) is 0.590. The second kappa shape index (κ2) is 6.15. The van der Waals surface area contributed by atoms with Crippen molar-refractivity contribution in [3.63, 3.8) is 0 Å². The van der Waals surface area contributed by atoms with E-state index in [0.717, 1.165) is 5.56 Å². The van der Waals surface area contributed by atoms with Gasteiger partial charge in [0.15, 0.2) is 0 Å². The third kappa shape index (κ3) is 3.17. The fourth-order valence-corrected chi connectivity index (χ4v) is 3.55. The van der Waals surface area contributed by atoms with Gasteiger partial charge in [-0.15, -0.1) is 6.42 Å². The summed E-state index contributed by atoms with van der Waals surface area (Å²) in [6.07, 6.45) is 5.55. The van der Waals surface area contributed by atoms with Gasteiger partial charge < -0.3 is 0 Å². The second-order valence-electron chi connectivity index (χ2n) is 5.27. The molecule has 0 unspecified atom stereocenters. The number of hydrogen-bond donors (Lipinski definition) is 0. The van der Waals surface area contributed by atoms with Crippen LogP contribution < -0.4 is 0 Å². The summed E-state index contributed by atoms with van der Waals surface area (Å²) in [6.45, 7) is 4.11. The lowest BCUT2D eigenvalue weighted by molar-refractivity contribution is 0.590. The third-order valence-electron chi connectivity index (χ3n) is 3.45. The van der Waals surface area contributed by atoms with E-state index in [2.05, 4.69) is 19.8 Å². The molecule has 0 radical (unpaired) electrons. The zero-order valence-corrected chi connectivity index (χ0v) is 13.0. The van der Waals surface area contributed by atoms with Crippen molar-refractivity contribution in [2.24, 2.45) is 5.92 Å². The molecule has 2 nitrogen and oxygen atoms in total. The van der Waals surface area contributed by atoms with E-state index in [0.29, 0.717) is 10.8 Å². The summed E-state index contributed by atoms with van der Waals surface area (Å²) in [5.74, 6) is 3.07. The molecule has 2 aromatic rings. The Morgan fingerprint density at radius 1 is 0.905 bits per heavy atom. The van der Waals surface area contributed by atoms with Crippen LogP contribution >= 0.6 is 0 Å². The molecular formula is C18H18O2S. The van der Waals surface area contributed by atoms with E-state index in [9.17, 15) is 8.42 Å². The molecule has 0 heterocycles. The molecule has 2 aromatic carbocycles. The first-order chi connectivity index (χ1) is 9.96. The molecule has 0 saturated carbocycles. The predicted octanol–water partition coefficient (Wildman–Crippen LogP) is 3.89. The highest BCUT2D eigenvalue weighted by molar-refractivity contribution is 7.91. The van der Waals surface area contributed by atoms with Gasteiger partial charge in [-0.05, 0) is 35.7 Å². The number of rotatable bonds is 4. The van der Waals surface area contributed by atoms with Gasteiger partial charge in [-0.1, -0.05) is 50.1 Å². The van der Waals surface area contributed by atoms with Crippen LogP contribution in [0.4, 0.5) is 0 Å². The number of hydrogen-bond acceptors (Lipinski definition) is 2. The third-order valence-corrected chi connectivity index (χ3v) is 5.23. The standard InChI is InChI=1S/C18H18O2S/c1-4-18(14(2)3)15-10-12-17(13-11-15)21(19,20)16-8-6-5-7-9-16/h1,5-14,18H,2-3H3/t18-/m1/s1. The van der Waals surface area contributed by atoms with E-state index in [4.69, 9.17) is 6.42 Å². The highest BCUT2D eigenvalue weighted by Crippen LogP contribution is 2.26. The first kappa shape index (κ1) is 15.3. The van der Waals surface area contributed by atoms with Crippen LogP contribution in [0, 0.1) is 18.3 Å². The summed E-state index contributed by atoms with van der Waals surface area (Å²) in [7, 11) is -3.46. The van der Waals surface area contributed by atoms with Crippen molar-refractivity contribution in [3.05, 3.63) is 60.2 Å². The zero-order valence-electron chi connectivity index (χ0n) is 12.2. The number of sulfone groups is 1. The Labute approximate surface area is 126 Å². The van der Waals surface area contributed by atoms with Crippen LogP contribution in [-0.2, 0) is 9.84 Å². The second-order valence-corrected chi connectivity index (χ2v) is 7.22. The molecule has 1 atom stereocenters. The van der Waals surface area contributed by atoms with Gasteiger partial charge in [0.05, 0.1) is 9.79 Å².